The van der Waals surface area contributed by atoms with Crippen molar-refractivity contribution in [2.75, 3.05) is 6.61 Å². The van der Waals surface area contributed by atoms with Gasteiger partial charge in [0.2, 0.25) is 5.91 Å². The van der Waals surface area contributed by atoms with Crippen molar-refractivity contribution in [1.29, 1.82) is 0 Å². The van der Waals surface area contributed by atoms with Gasteiger partial charge in [0.05, 0.1) is 9.50 Å². The fourth-order valence-corrected chi connectivity index (χ4v) is 3.31. The molecule has 0 saturated heterocycles. The highest BCUT2D eigenvalue weighted by atomic mass is 79.9. The van der Waals surface area contributed by atoms with Gasteiger partial charge in [-0.05, 0) is 40.0 Å². The van der Waals surface area contributed by atoms with Crippen LogP contribution >= 0.6 is 39.1 Å². The van der Waals surface area contributed by atoms with E-state index in [1.54, 1.807) is 6.07 Å². The average Bonchev–Trinajstić information content (AvgIpc) is 2.58. The Labute approximate surface area is 163 Å². The van der Waals surface area contributed by atoms with Crippen LogP contribution in [0.5, 0.6) is 5.75 Å². The van der Waals surface area contributed by atoms with E-state index in [1.165, 1.54) is 6.07 Å². The summed E-state index contributed by atoms with van der Waals surface area (Å²) in [5, 5.41) is 0.721. The van der Waals surface area contributed by atoms with Crippen molar-refractivity contribution < 1.29 is 14.3 Å². The predicted molar refractivity (Wildman–Crippen MR) is 101 cm³/mol. The molecule has 0 bridgehead atoms. The highest BCUT2D eigenvalue weighted by molar-refractivity contribution is 9.10. The second-order valence-electron chi connectivity index (χ2n) is 5.07. The van der Waals surface area contributed by atoms with Crippen molar-refractivity contribution in [2.24, 2.45) is 0 Å². The molecule has 0 aromatic heterocycles. The first-order valence-electron chi connectivity index (χ1n) is 7.34. The Kier molecular flexibility index (Phi) is 7.55. The number of hydrogen-bond acceptors (Lipinski definition) is 3. The van der Waals surface area contributed by atoms with Gasteiger partial charge >= 0.3 is 0 Å². The maximum absolute atomic E-state index is 11.7. The zero-order valence-electron chi connectivity index (χ0n) is 13.0. The molecule has 2 aromatic rings. The summed E-state index contributed by atoms with van der Waals surface area (Å²) in [5.74, 6) is -0.495. The van der Waals surface area contributed by atoms with E-state index < -0.39 is 5.91 Å². The zero-order chi connectivity index (χ0) is 18.2. The van der Waals surface area contributed by atoms with Gasteiger partial charge < -0.3 is 4.74 Å². The summed E-state index contributed by atoms with van der Waals surface area (Å²) in [4.78, 5) is 23.5. The number of ether oxygens (including phenoxy) is 1. The molecule has 0 aliphatic heterocycles. The average molecular weight is 446 g/mol. The summed E-state index contributed by atoms with van der Waals surface area (Å²) in [5.41, 5.74) is 5.68. The lowest BCUT2D eigenvalue weighted by atomic mass is 10.1. The van der Waals surface area contributed by atoms with Gasteiger partial charge in [-0.1, -0.05) is 53.5 Å². The van der Waals surface area contributed by atoms with Gasteiger partial charge in [0.15, 0.2) is 12.4 Å². The second kappa shape index (κ2) is 9.65. The van der Waals surface area contributed by atoms with E-state index in [9.17, 15) is 9.59 Å². The van der Waals surface area contributed by atoms with Gasteiger partial charge in [-0.3, -0.25) is 20.4 Å². The molecule has 0 saturated carbocycles. The number of benzene rings is 2. The molecule has 2 rings (SSSR count). The van der Waals surface area contributed by atoms with Crippen LogP contribution < -0.4 is 15.6 Å². The molecule has 2 aromatic carbocycles. The van der Waals surface area contributed by atoms with E-state index in [-0.39, 0.29) is 24.0 Å². The first-order valence-corrected chi connectivity index (χ1v) is 8.89. The fraction of sp³-hybridized carbons (Fsp3) is 0.176. The third-order valence-corrected chi connectivity index (χ3v) is 4.22. The van der Waals surface area contributed by atoms with Gasteiger partial charge in [-0.2, -0.15) is 0 Å². The molecule has 0 aliphatic carbocycles. The smallest absolute Gasteiger partial charge is 0.276 e. The normalized spacial score (nSPS) is 10.2. The molecule has 2 N–H and O–H groups in total. The summed E-state index contributed by atoms with van der Waals surface area (Å²) < 4.78 is 5.88. The summed E-state index contributed by atoms with van der Waals surface area (Å²) in [6, 6.07) is 12.7. The van der Waals surface area contributed by atoms with Crippen LogP contribution in [-0.2, 0) is 16.0 Å². The number of hydrazine groups is 1. The quantitative estimate of drug-likeness (QED) is 0.662. The SMILES string of the molecule is O=C(CCc1ccccc1)NNC(=O)COc1c(Cl)cc(Cl)cc1Br. The van der Waals surface area contributed by atoms with Crippen molar-refractivity contribution in [2.45, 2.75) is 12.8 Å². The van der Waals surface area contributed by atoms with E-state index in [0.717, 1.165) is 5.56 Å². The van der Waals surface area contributed by atoms with Crippen LogP contribution in [0.4, 0.5) is 0 Å². The van der Waals surface area contributed by atoms with Crippen LogP contribution in [0.2, 0.25) is 10.0 Å². The lowest BCUT2D eigenvalue weighted by molar-refractivity contribution is -0.130. The van der Waals surface area contributed by atoms with Gasteiger partial charge in [0.25, 0.3) is 5.91 Å². The maximum Gasteiger partial charge on any atom is 0.276 e. The molecular weight excluding hydrogens is 431 g/mol. The molecule has 5 nitrogen and oxygen atoms in total. The second-order valence-corrected chi connectivity index (χ2v) is 6.77. The first kappa shape index (κ1) is 19.6. The van der Waals surface area contributed by atoms with E-state index >= 15 is 0 Å². The monoisotopic (exact) mass is 444 g/mol. The van der Waals surface area contributed by atoms with Gasteiger partial charge in [0.1, 0.15) is 0 Å². The van der Waals surface area contributed by atoms with Crippen molar-refractivity contribution >= 4 is 50.9 Å². The van der Waals surface area contributed by atoms with Crippen LogP contribution in [0.15, 0.2) is 46.9 Å². The van der Waals surface area contributed by atoms with Crippen LogP contribution in [0.25, 0.3) is 0 Å². The standard InChI is InChI=1S/C17H15BrCl2N2O3/c18-13-8-12(19)9-14(20)17(13)25-10-16(24)22-21-15(23)7-6-11-4-2-1-3-5-11/h1-5,8-9H,6-7,10H2,(H,21,23)(H,22,24). The van der Waals surface area contributed by atoms with Gasteiger partial charge in [-0.15, -0.1) is 0 Å². The molecule has 0 heterocycles. The minimum absolute atomic E-state index is 0.264. The zero-order valence-corrected chi connectivity index (χ0v) is 16.1. The van der Waals surface area contributed by atoms with Crippen LogP contribution in [0.3, 0.4) is 0 Å². The molecule has 25 heavy (non-hydrogen) atoms. The maximum atomic E-state index is 11.7. The van der Waals surface area contributed by atoms with Crippen molar-refractivity contribution in [3.63, 3.8) is 0 Å². The third-order valence-electron chi connectivity index (χ3n) is 3.14. The molecule has 8 heteroatoms. The molecule has 0 radical (unpaired) electrons. The van der Waals surface area contributed by atoms with Crippen molar-refractivity contribution in [3.05, 3.63) is 62.5 Å². The summed E-state index contributed by atoms with van der Waals surface area (Å²) in [6.07, 6.45) is 0.853. The van der Waals surface area contributed by atoms with Crippen LogP contribution in [0, 0.1) is 0 Å². The first-order chi connectivity index (χ1) is 12.0. The van der Waals surface area contributed by atoms with Crippen molar-refractivity contribution in [3.8, 4) is 5.75 Å². The molecular formula is C17H15BrCl2N2O3. The molecule has 132 valence electrons. The summed E-state index contributed by atoms with van der Waals surface area (Å²) in [7, 11) is 0. The molecule has 0 unspecified atom stereocenters. The summed E-state index contributed by atoms with van der Waals surface area (Å²) >= 11 is 15.1. The van der Waals surface area contributed by atoms with Crippen molar-refractivity contribution in [1.82, 2.24) is 10.9 Å². The Morgan fingerprint density at radius 1 is 1.04 bits per heavy atom. The molecule has 0 aliphatic rings. The van der Waals surface area contributed by atoms with Gasteiger partial charge in [0, 0.05) is 11.4 Å². The van der Waals surface area contributed by atoms with Gasteiger partial charge in [-0.25, -0.2) is 0 Å². The fourth-order valence-electron chi connectivity index (χ4n) is 1.95. The number of rotatable bonds is 6. The number of carbonyl (C=O) groups is 2. The predicted octanol–water partition coefficient (Wildman–Crippen LogP) is 3.91. The molecule has 0 atom stereocenters. The van der Waals surface area contributed by atoms with E-state index in [1.807, 2.05) is 30.3 Å². The molecule has 2 amide bonds. The van der Waals surface area contributed by atoms with E-state index in [2.05, 4.69) is 26.8 Å². The van der Waals surface area contributed by atoms with Crippen LogP contribution in [-0.4, -0.2) is 18.4 Å². The minimum atomic E-state index is -0.508. The van der Waals surface area contributed by atoms with E-state index in [4.69, 9.17) is 27.9 Å². The number of hydrogen-bond donors (Lipinski definition) is 2. The van der Waals surface area contributed by atoms with Crippen LogP contribution in [0.1, 0.15) is 12.0 Å². The number of carbonyl (C=O) groups excluding carboxylic acids is 2. The lowest BCUT2D eigenvalue weighted by Gasteiger charge is -2.11. The largest absolute Gasteiger partial charge is 0.481 e. The number of aryl methyl sites for hydroxylation is 1. The number of halogens is 3. The number of amides is 2. The Hall–Kier alpha value is -1.76. The lowest BCUT2D eigenvalue weighted by Crippen LogP contribution is -2.43. The minimum Gasteiger partial charge on any atom is -0.481 e. The Morgan fingerprint density at radius 2 is 1.72 bits per heavy atom. The molecule has 0 spiro atoms. The molecule has 0 fully saturated rings. The highest BCUT2D eigenvalue weighted by Gasteiger charge is 2.11. The Balaban J connectivity index is 1.73. The van der Waals surface area contributed by atoms with E-state index in [0.29, 0.717) is 21.7 Å². The summed E-state index contributed by atoms with van der Waals surface area (Å²) in [6.45, 7) is -0.307. The highest BCUT2D eigenvalue weighted by Crippen LogP contribution is 2.35. The third kappa shape index (κ3) is 6.57. The Bertz CT molecular complexity index is 734. The Morgan fingerprint density at radius 3 is 2.40 bits per heavy atom. The topological polar surface area (TPSA) is 67.4 Å². The number of nitrogens with one attached hydrogen (secondary N) is 2.